The molecule has 0 aliphatic heterocycles. The fourth-order valence-corrected chi connectivity index (χ4v) is 4.24. The van der Waals surface area contributed by atoms with Crippen LogP contribution in [-0.4, -0.2) is 86.0 Å². The maximum Gasteiger partial charge on any atom is 0.213 e. The van der Waals surface area contributed by atoms with Gasteiger partial charge in [-0.3, -0.25) is 0 Å². The molecule has 222 valence electrons. The highest BCUT2D eigenvalue weighted by Crippen LogP contribution is 2.21. The molecule has 0 aliphatic carbocycles. The Morgan fingerprint density at radius 2 is 0.690 bits per heavy atom. The molecule has 0 amide bonds. The molecule has 4 heterocycles. The average molecular weight is 704 g/mol. The Labute approximate surface area is 262 Å². The van der Waals surface area contributed by atoms with Gasteiger partial charge in [-0.15, -0.1) is 0 Å². The second-order valence-electron chi connectivity index (χ2n) is 8.56. The molecule has 12 heteroatoms. The molecule has 0 N–H and O–H groups in total. The molecule has 0 fully saturated rings. The maximum absolute atomic E-state index is 5.69. The Hall–Kier alpha value is -3.00. The smallest absolute Gasteiger partial charge is 0.213 e. The Kier molecular flexibility index (Phi) is 14.1. The van der Waals surface area contributed by atoms with Gasteiger partial charge in [0.2, 0.25) is 11.8 Å². The van der Waals surface area contributed by atoms with Crippen LogP contribution in [0.5, 0.6) is 11.8 Å². The summed E-state index contributed by atoms with van der Waals surface area (Å²) in [6, 6.07) is 22.6. The predicted molar refractivity (Wildman–Crippen MR) is 165 cm³/mol. The van der Waals surface area contributed by atoms with Crippen LogP contribution in [0, 0.1) is 0 Å². The van der Waals surface area contributed by atoms with E-state index in [1.54, 1.807) is 0 Å². The van der Waals surface area contributed by atoms with E-state index in [0.717, 1.165) is 32.0 Å². The second kappa shape index (κ2) is 18.5. The number of ether oxygens (including phenoxy) is 6. The van der Waals surface area contributed by atoms with Gasteiger partial charge in [0.05, 0.1) is 75.6 Å². The molecule has 4 aromatic rings. The first kappa shape index (κ1) is 31.9. The van der Waals surface area contributed by atoms with Gasteiger partial charge in [-0.25, -0.2) is 19.9 Å². The summed E-state index contributed by atoms with van der Waals surface area (Å²) in [6.07, 6.45) is 0. The number of hydrogen-bond donors (Lipinski definition) is 0. The third-order valence-electron chi connectivity index (χ3n) is 5.47. The molecule has 0 saturated heterocycles. The maximum atomic E-state index is 5.69. The van der Waals surface area contributed by atoms with Gasteiger partial charge in [-0.05, 0) is 68.3 Å². The molecule has 0 bridgehead atoms. The minimum Gasteiger partial charge on any atom is -0.475 e. The van der Waals surface area contributed by atoms with Crippen molar-refractivity contribution in [3.63, 3.8) is 0 Å². The molecule has 42 heavy (non-hydrogen) atoms. The zero-order valence-corrected chi connectivity index (χ0v) is 26.2. The topological polar surface area (TPSA) is 107 Å². The summed E-state index contributed by atoms with van der Waals surface area (Å²) in [4.78, 5) is 17.8. The number of nitrogens with zero attached hydrogens (tertiary/aromatic N) is 4. The first-order valence-electron chi connectivity index (χ1n) is 13.4. The van der Waals surface area contributed by atoms with Crippen LogP contribution >= 0.6 is 31.9 Å². The molecule has 0 aromatic carbocycles. The quantitative estimate of drug-likeness (QED) is 0.0899. The Morgan fingerprint density at radius 3 is 1.05 bits per heavy atom. The molecule has 0 atom stereocenters. The Balaban J connectivity index is 0.942. The van der Waals surface area contributed by atoms with Gasteiger partial charge in [0, 0.05) is 12.1 Å². The van der Waals surface area contributed by atoms with Crippen molar-refractivity contribution in [2.24, 2.45) is 0 Å². The van der Waals surface area contributed by atoms with Crippen LogP contribution in [0.2, 0.25) is 0 Å². The fraction of sp³-hybridized carbons (Fsp3) is 0.333. The minimum atomic E-state index is 0.392. The largest absolute Gasteiger partial charge is 0.475 e. The molecule has 0 aliphatic rings. The van der Waals surface area contributed by atoms with Crippen molar-refractivity contribution in [2.45, 2.75) is 0 Å². The van der Waals surface area contributed by atoms with E-state index < -0.39 is 0 Å². The lowest BCUT2D eigenvalue weighted by atomic mass is 10.2. The highest BCUT2D eigenvalue weighted by atomic mass is 79.9. The summed E-state index contributed by atoms with van der Waals surface area (Å²) in [5, 5.41) is 0. The van der Waals surface area contributed by atoms with Gasteiger partial charge < -0.3 is 28.4 Å². The average Bonchev–Trinajstić information content (AvgIpc) is 3.01. The lowest BCUT2D eigenvalue weighted by Crippen LogP contribution is -2.15. The molecular weight excluding hydrogens is 672 g/mol. The van der Waals surface area contributed by atoms with Gasteiger partial charge >= 0.3 is 0 Å². The van der Waals surface area contributed by atoms with Crippen molar-refractivity contribution < 1.29 is 28.4 Å². The van der Waals surface area contributed by atoms with E-state index >= 15 is 0 Å². The first-order chi connectivity index (χ1) is 20.7. The molecular formula is C30H32Br2N4O6. The van der Waals surface area contributed by atoms with Gasteiger partial charge in [-0.1, -0.05) is 24.3 Å². The van der Waals surface area contributed by atoms with E-state index in [4.69, 9.17) is 28.4 Å². The van der Waals surface area contributed by atoms with E-state index in [9.17, 15) is 0 Å². The SMILES string of the molecule is Brc1cccc(-c2cccc(OCCOCCOCCOCCOCCOc3cccc(-c4cccc(Br)n4)n3)n2)n1. The molecule has 4 rings (SSSR count). The van der Waals surface area contributed by atoms with Crippen molar-refractivity contribution in [3.05, 3.63) is 82.0 Å². The summed E-state index contributed by atoms with van der Waals surface area (Å²) < 4.78 is 35.1. The van der Waals surface area contributed by atoms with Crippen molar-refractivity contribution in [1.82, 2.24) is 19.9 Å². The summed E-state index contributed by atoms with van der Waals surface area (Å²) in [5.41, 5.74) is 3.04. The third kappa shape index (κ3) is 11.7. The number of aromatic nitrogens is 4. The zero-order valence-electron chi connectivity index (χ0n) is 23.0. The summed E-state index contributed by atoms with van der Waals surface area (Å²) >= 11 is 6.76. The number of pyridine rings is 4. The number of hydrogen-bond acceptors (Lipinski definition) is 10. The summed E-state index contributed by atoms with van der Waals surface area (Å²) in [7, 11) is 0. The Morgan fingerprint density at radius 1 is 0.381 bits per heavy atom. The van der Waals surface area contributed by atoms with Crippen LogP contribution in [0.25, 0.3) is 22.8 Å². The van der Waals surface area contributed by atoms with Gasteiger partial charge in [0.1, 0.15) is 22.4 Å². The van der Waals surface area contributed by atoms with E-state index in [1.165, 1.54) is 0 Å². The number of rotatable bonds is 19. The first-order valence-corrected chi connectivity index (χ1v) is 15.0. The highest BCUT2D eigenvalue weighted by molar-refractivity contribution is 9.10. The van der Waals surface area contributed by atoms with Crippen LogP contribution in [0.1, 0.15) is 0 Å². The summed E-state index contributed by atoms with van der Waals surface area (Å²) in [5.74, 6) is 1.06. The fourth-order valence-electron chi connectivity index (χ4n) is 3.55. The van der Waals surface area contributed by atoms with Crippen LogP contribution in [0.15, 0.2) is 82.0 Å². The van der Waals surface area contributed by atoms with Crippen LogP contribution in [0.4, 0.5) is 0 Å². The Bertz CT molecular complexity index is 1260. The molecule has 0 radical (unpaired) electrons. The van der Waals surface area contributed by atoms with Gasteiger partial charge in [0.25, 0.3) is 0 Å². The molecule has 10 nitrogen and oxygen atoms in total. The monoisotopic (exact) mass is 702 g/mol. The van der Waals surface area contributed by atoms with E-state index in [2.05, 4.69) is 51.8 Å². The standard InChI is InChI=1S/C30H32Br2N4O6/c31-27-9-1-5-23(33-27)25-7-3-11-29(35-25)41-21-19-39-17-15-37-13-14-38-16-18-40-20-22-42-30-12-4-8-26(36-30)24-6-2-10-28(32)34-24/h1-12H,13-22H2. The van der Waals surface area contributed by atoms with Gasteiger partial charge in [0.15, 0.2) is 0 Å². The van der Waals surface area contributed by atoms with Crippen LogP contribution in [-0.2, 0) is 18.9 Å². The minimum absolute atomic E-state index is 0.392. The lowest BCUT2D eigenvalue weighted by Gasteiger charge is -2.09. The van der Waals surface area contributed by atoms with Crippen molar-refractivity contribution in [1.29, 1.82) is 0 Å². The van der Waals surface area contributed by atoms with E-state index in [-0.39, 0.29) is 0 Å². The van der Waals surface area contributed by atoms with E-state index in [0.29, 0.717) is 77.8 Å². The predicted octanol–water partition coefficient (Wildman–Crippen LogP) is 5.65. The van der Waals surface area contributed by atoms with Crippen molar-refractivity contribution in [2.75, 3.05) is 66.1 Å². The molecule has 0 spiro atoms. The highest BCUT2D eigenvalue weighted by Gasteiger charge is 2.05. The molecule has 4 aromatic heterocycles. The normalized spacial score (nSPS) is 11.0. The van der Waals surface area contributed by atoms with Crippen LogP contribution < -0.4 is 9.47 Å². The van der Waals surface area contributed by atoms with Gasteiger partial charge in [-0.2, -0.15) is 0 Å². The third-order valence-corrected chi connectivity index (χ3v) is 6.36. The van der Waals surface area contributed by atoms with Crippen molar-refractivity contribution in [3.8, 4) is 34.5 Å². The van der Waals surface area contributed by atoms with Crippen molar-refractivity contribution >= 4 is 31.9 Å². The van der Waals surface area contributed by atoms with Crippen LogP contribution in [0.3, 0.4) is 0 Å². The zero-order chi connectivity index (χ0) is 29.2. The molecule has 0 saturated carbocycles. The second-order valence-corrected chi connectivity index (χ2v) is 10.2. The number of halogens is 2. The lowest BCUT2D eigenvalue weighted by molar-refractivity contribution is -0.00720. The summed E-state index contributed by atoms with van der Waals surface area (Å²) in [6.45, 7) is 4.52. The van der Waals surface area contributed by atoms with E-state index in [1.807, 2.05) is 72.8 Å². The molecule has 0 unspecified atom stereocenters.